The molecule has 0 saturated heterocycles. The Morgan fingerprint density at radius 2 is 2.00 bits per heavy atom. The molecule has 0 aromatic carbocycles. The highest BCUT2D eigenvalue weighted by molar-refractivity contribution is 7.91. The van der Waals surface area contributed by atoms with E-state index in [-0.39, 0.29) is 24.0 Å². The Bertz CT molecular complexity index is 220. The number of sulfone groups is 1. The van der Waals surface area contributed by atoms with Gasteiger partial charge in [0.25, 0.3) is 0 Å². The second-order valence-corrected chi connectivity index (χ2v) is 4.69. The average Bonchev–Trinajstić information content (AvgIpc) is 1.87. The number of hydrogen-bond acceptors (Lipinski definition) is 3. The second-order valence-electron chi connectivity index (χ2n) is 2.22. The van der Waals surface area contributed by atoms with Gasteiger partial charge in [0.1, 0.15) is 0 Å². The lowest BCUT2D eigenvalue weighted by Crippen LogP contribution is -2.27. The maximum absolute atomic E-state index is 10.8. The van der Waals surface area contributed by atoms with Crippen molar-refractivity contribution < 1.29 is 13.2 Å². The first kappa shape index (κ1) is 10.4. The molecular formula is C6H13NO3S. The largest absolute Gasteiger partial charge is 0.355 e. The van der Waals surface area contributed by atoms with Gasteiger partial charge in [-0.15, -0.1) is 0 Å². The minimum Gasteiger partial charge on any atom is -0.355 e. The summed E-state index contributed by atoms with van der Waals surface area (Å²) in [6.07, 6.45) is 0. The molecule has 0 saturated carbocycles. The van der Waals surface area contributed by atoms with E-state index in [0.717, 1.165) is 0 Å². The van der Waals surface area contributed by atoms with Gasteiger partial charge in [-0.1, -0.05) is 6.92 Å². The molecule has 0 aliphatic heterocycles. The fourth-order valence-electron chi connectivity index (χ4n) is 0.527. The van der Waals surface area contributed by atoms with Crippen molar-refractivity contribution in [1.29, 1.82) is 0 Å². The average molecular weight is 179 g/mol. The Morgan fingerprint density at radius 1 is 1.45 bits per heavy atom. The van der Waals surface area contributed by atoms with Gasteiger partial charge in [0.05, 0.1) is 5.75 Å². The second kappa shape index (κ2) is 4.33. The molecule has 0 aromatic heterocycles. The summed E-state index contributed by atoms with van der Waals surface area (Å²) in [6.45, 7) is 3.16. The zero-order valence-corrected chi connectivity index (χ0v) is 7.57. The quantitative estimate of drug-likeness (QED) is 0.636. The summed E-state index contributed by atoms with van der Waals surface area (Å²) in [7, 11) is -2.93. The third kappa shape index (κ3) is 5.84. The van der Waals surface area contributed by atoms with Crippen LogP contribution >= 0.6 is 0 Å². The van der Waals surface area contributed by atoms with Crippen molar-refractivity contribution in [3.63, 3.8) is 0 Å². The molecule has 0 unspecified atom stereocenters. The van der Waals surface area contributed by atoms with E-state index in [1.165, 1.54) is 6.92 Å². The molecule has 4 nitrogen and oxygen atoms in total. The van der Waals surface area contributed by atoms with E-state index in [1.807, 2.05) is 0 Å². The van der Waals surface area contributed by atoms with Gasteiger partial charge in [-0.2, -0.15) is 0 Å². The summed E-state index contributed by atoms with van der Waals surface area (Å²) in [5.74, 6) is -0.0355. The highest BCUT2D eigenvalue weighted by Gasteiger charge is 2.05. The van der Waals surface area contributed by atoms with Crippen molar-refractivity contribution in [2.24, 2.45) is 0 Å². The van der Waals surface area contributed by atoms with Gasteiger partial charge < -0.3 is 5.32 Å². The van der Waals surface area contributed by atoms with Crippen LogP contribution in [-0.4, -0.2) is 32.4 Å². The van der Waals surface area contributed by atoms with E-state index in [1.54, 1.807) is 6.92 Å². The number of hydrogen-bond donors (Lipinski definition) is 1. The van der Waals surface area contributed by atoms with E-state index in [4.69, 9.17) is 0 Å². The van der Waals surface area contributed by atoms with Gasteiger partial charge in [0.15, 0.2) is 9.84 Å². The third-order valence-corrected chi connectivity index (χ3v) is 2.93. The molecule has 0 aliphatic rings. The SMILES string of the molecule is CCS(=O)(=O)CCNC(C)=O. The molecular weight excluding hydrogens is 166 g/mol. The maximum atomic E-state index is 10.8. The minimum absolute atomic E-state index is 0.0308. The maximum Gasteiger partial charge on any atom is 0.216 e. The highest BCUT2D eigenvalue weighted by atomic mass is 32.2. The standard InChI is InChI=1S/C6H13NO3S/c1-3-11(9,10)5-4-7-6(2)8/h3-5H2,1-2H3,(H,7,8). The Labute approximate surface area is 66.9 Å². The van der Waals surface area contributed by atoms with Crippen LogP contribution in [0.5, 0.6) is 0 Å². The van der Waals surface area contributed by atoms with Gasteiger partial charge >= 0.3 is 0 Å². The van der Waals surface area contributed by atoms with Crippen LogP contribution in [0.25, 0.3) is 0 Å². The van der Waals surface area contributed by atoms with Crippen molar-refractivity contribution in [2.45, 2.75) is 13.8 Å². The summed E-state index contributed by atoms with van der Waals surface area (Å²) in [5.41, 5.74) is 0. The van der Waals surface area contributed by atoms with Crippen molar-refractivity contribution in [3.8, 4) is 0 Å². The molecule has 0 aromatic rings. The first-order valence-corrected chi connectivity index (χ1v) is 5.25. The topological polar surface area (TPSA) is 63.2 Å². The normalized spacial score (nSPS) is 11.1. The molecule has 0 bridgehead atoms. The predicted molar refractivity (Wildman–Crippen MR) is 43.0 cm³/mol. The third-order valence-electron chi connectivity index (χ3n) is 1.23. The lowest BCUT2D eigenvalue weighted by Gasteiger charge is -2.00. The fourth-order valence-corrected chi connectivity index (χ4v) is 1.23. The fraction of sp³-hybridized carbons (Fsp3) is 0.833. The van der Waals surface area contributed by atoms with E-state index >= 15 is 0 Å². The molecule has 0 aliphatic carbocycles. The molecule has 0 atom stereocenters. The molecule has 5 heteroatoms. The van der Waals surface area contributed by atoms with Gasteiger partial charge in [-0.25, -0.2) is 8.42 Å². The van der Waals surface area contributed by atoms with Gasteiger partial charge in [-0.3, -0.25) is 4.79 Å². The zero-order chi connectivity index (χ0) is 8.91. The van der Waals surface area contributed by atoms with Crippen LogP contribution in [0.15, 0.2) is 0 Å². The first-order valence-electron chi connectivity index (χ1n) is 3.43. The van der Waals surface area contributed by atoms with Crippen LogP contribution < -0.4 is 5.32 Å². The van der Waals surface area contributed by atoms with Crippen molar-refractivity contribution in [1.82, 2.24) is 5.32 Å². The molecule has 0 spiro atoms. The summed E-state index contributed by atoms with van der Waals surface area (Å²) in [4.78, 5) is 10.3. The Morgan fingerprint density at radius 3 is 2.36 bits per heavy atom. The molecule has 0 heterocycles. The Hall–Kier alpha value is -0.580. The molecule has 0 rings (SSSR count). The van der Waals surface area contributed by atoms with Crippen LogP contribution in [-0.2, 0) is 14.6 Å². The van der Waals surface area contributed by atoms with Crippen molar-refractivity contribution >= 4 is 15.7 Å². The van der Waals surface area contributed by atoms with Crippen LogP contribution in [0.3, 0.4) is 0 Å². The summed E-state index contributed by atoms with van der Waals surface area (Å²) >= 11 is 0. The molecule has 66 valence electrons. The van der Waals surface area contributed by atoms with Crippen molar-refractivity contribution in [2.75, 3.05) is 18.1 Å². The Balaban J connectivity index is 3.63. The number of carbonyl (C=O) groups is 1. The molecule has 1 N–H and O–H groups in total. The molecule has 0 fully saturated rings. The molecule has 11 heavy (non-hydrogen) atoms. The lowest BCUT2D eigenvalue weighted by molar-refractivity contribution is -0.118. The van der Waals surface area contributed by atoms with E-state index in [2.05, 4.69) is 5.32 Å². The summed E-state index contributed by atoms with van der Waals surface area (Å²) in [6, 6.07) is 0. The first-order chi connectivity index (χ1) is 4.98. The number of nitrogens with one attached hydrogen (secondary N) is 1. The summed E-state index contributed by atoms with van der Waals surface area (Å²) in [5, 5.41) is 2.42. The predicted octanol–water partition coefficient (Wildman–Crippen LogP) is -0.443. The van der Waals surface area contributed by atoms with Crippen molar-refractivity contribution in [3.05, 3.63) is 0 Å². The monoisotopic (exact) mass is 179 g/mol. The zero-order valence-electron chi connectivity index (χ0n) is 6.75. The van der Waals surface area contributed by atoms with Gasteiger partial charge in [-0.05, 0) is 0 Å². The van der Waals surface area contributed by atoms with Gasteiger partial charge in [0.2, 0.25) is 5.91 Å². The summed E-state index contributed by atoms with van der Waals surface area (Å²) < 4.78 is 21.7. The van der Waals surface area contributed by atoms with Crippen LogP contribution in [0, 0.1) is 0 Å². The van der Waals surface area contributed by atoms with Crippen LogP contribution in [0.1, 0.15) is 13.8 Å². The molecule has 0 radical (unpaired) electrons. The highest BCUT2D eigenvalue weighted by Crippen LogP contribution is 1.86. The van der Waals surface area contributed by atoms with E-state index in [9.17, 15) is 13.2 Å². The minimum atomic E-state index is -2.93. The Kier molecular flexibility index (Phi) is 4.10. The van der Waals surface area contributed by atoms with Crippen LogP contribution in [0.2, 0.25) is 0 Å². The molecule has 1 amide bonds. The smallest absolute Gasteiger partial charge is 0.216 e. The number of carbonyl (C=O) groups excluding carboxylic acids is 1. The van der Waals surface area contributed by atoms with E-state index in [0.29, 0.717) is 0 Å². The van der Waals surface area contributed by atoms with E-state index < -0.39 is 9.84 Å². The van der Waals surface area contributed by atoms with Crippen LogP contribution in [0.4, 0.5) is 0 Å². The lowest BCUT2D eigenvalue weighted by atomic mass is 10.6. The number of amides is 1. The van der Waals surface area contributed by atoms with Gasteiger partial charge in [0, 0.05) is 19.2 Å². The number of rotatable bonds is 4.